The Bertz CT molecular complexity index is 441. The van der Waals surface area contributed by atoms with Crippen LogP contribution in [0.15, 0.2) is 24.3 Å². The molecule has 1 nitrogen and oxygen atoms in total. The Balaban J connectivity index is 1.56. The Labute approximate surface area is 134 Å². The molecule has 0 spiro atoms. The van der Waals surface area contributed by atoms with Gasteiger partial charge in [0.25, 0.3) is 0 Å². The Kier molecular flexibility index (Phi) is 5.24. The van der Waals surface area contributed by atoms with Gasteiger partial charge in [0.15, 0.2) is 0 Å². The molecule has 2 saturated carbocycles. The van der Waals surface area contributed by atoms with E-state index in [-0.39, 0.29) is 0 Å². The zero-order valence-electron chi connectivity index (χ0n) is 13.1. The molecular formula is C19H27ClO. The van der Waals surface area contributed by atoms with Gasteiger partial charge >= 0.3 is 0 Å². The summed E-state index contributed by atoms with van der Waals surface area (Å²) in [7, 11) is 0. The van der Waals surface area contributed by atoms with Crippen LogP contribution < -0.4 is 0 Å². The molecular weight excluding hydrogens is 280 g/mol. The first kappa shape index (κ1) is 15.4. The maximum Gasteiger partial charge on any atom is 0.0578 e. The van der Waals surface area contributed by atoms with E-state index in [9.17, 15) is 0 Å². The van der Waals surface area contributed by atoms with Crippen molar-refractivity contribution >= 4 is 11.6 Å². The number of hydrogen-bond acceptors (Lipinski definition) is 1. The van der Waals surface area contributed by atoms with Gasteiger partial charge in [-0.25, -0.2) is 0 Å². The molecule has 1 aromatic carbocycles. The third-order valence-corrected chi connectivity index (χ3v) is 5.72. The normalized spacial score (nSPS) is 32.7. The first-order valence-corrected chi connectivity index (χ1v) is 9.01. The highest BCUT2D eigenvalue weighted by Crippen LogP contribution is 2.46. The van der Waals surface area contributed by atoms with E-state index in [2.05, 4.69) is 19.1 Å². The first-order chi connectivity index (χ1) is 10.3. The molecule has 4 unspecified atom stereocenters. The molecule has 0 bridgehead atoms. The van der Waals surface area contributed by atoms with Crippen LogP contribution in [0, 0.1) is 11.8 Å². The van der Waals surface area contributed by atoms with Crippen molar-refractivity contribution in [2.75, 3.05) is 6.61 Å². The van der Waals surface area contributed by atoms with E-state index in [1.54, 1.807) is 0 Å². The van der Waals surface area contributed by atoms with E-state index >= 15 is 0 Å². The van der Waals surface area contributed by atoms with Gasteiger partial charge in [-0.15, -0.1) is 0 Å². The van der Waals surface area contributed by atoms with Crippen molar-refractivity contribution < 1.29 is 4.74 Å². The van der Waals surface area contributed by atoms with Crippen molar-refractivity contribution in [2.45, 2.75) is 63.9 Å². The SMILES string of the molecule is CCCOC1CCC2CC(c3ccc(Cl)cc3)CCC2C1. The zero-order valence-corrected chi connectivity index (χ0v) is 13.8. The molecule has 2 aliphatic carbocycles. The summed E-state index contributed by atoms with van der Waals surface area (Å²) in [5.74, 6) is 2.57. The lowest BCUT2D eigenvalue weighted by Gasteiger charge is -2.42. The number of halogens is 1. The molecule has 2 heteroatoms. The largest absolute Gasteiger partial charge is 0.378 e. The van der Waals surface area contributed by atoms with Crippen LogP contribution in [0.25, 0.3) is 0 Å². The van der Waals surface area contributed by atoms with Crippen LogP contribution >= 0.6 is 11.6 Å². The van der Waals surface area contributed by atoms with Gasteiger partial charge in [0.05, 0.1) is 6.10 Å². The fraction of sp³-hybridized carbons (Fsp3) is 0.684. The van der Waals surface area contributed by atoms with Gasteiger partial charge in [0.2, 0.25) is 0 Å². The third-order valence-electron chi connectivity index (χ3n) is 5.46. The minimum atomic E-state index is 0.540. The smallest absolute Gasteiger partial charge is 0.0578 e. The predicted octanol–water partition coefficient (Wildman–Crippen LogP) is 5.82. The molecule has 0 amide bonds. The topological polar surface area (TPSA) is 9.23 Å². The number of fused-ring (bicyclic) bond motifs is 1. The quantitative estimate of drug-likeness (QED) is 0.681. The molecule has 2 fully saturated rings. The number of benzene rings is 1. The lowest BCUT2D eigenvalue weighted by Crippen LogP contribution is -2.33. The molecule has 0 aromatic heterocycles. The predicted molar refractivity (Wildman–Crippen MR) is 88.9 cm³/mol. The first-order valence-electron chi connectivity index (χ1n) is 8.63. The highest BCUT2D eigenvalue weighted by Gasteiger charge is 2.36. The van der Waals surface area contributed by atoms with Crippen molar-refractivity contribution in [3.63, 3.8) is 0 Å². The summed E-state index contributed by atoms with van der Waals surface area (Å²) in [6, 6.07) is 8.53. The molecule has 0 heterocycles. The van der Waals surface area contributed by atoms with Gasteiger partial charge in [-0.2, -0.15) is 0 Å². The average Bonchev–Trinajstić information content (AvgIpc) is 2.53. The molecule has 0 radical (unpaired) electrons. The standard InChI is InChI=1S/C19H27ClO/c1-2-11-21-19-10-7-16-12-15(3-4-17(16)13-19)14-5-8-18(20)9-6-14/h5-6,8-9,15-17,19H,2-4,7,10-13H2,1H3. The Morgan fingerprint density at radius 3 is 2.48 bits per heavy atom. The van der Waals surface area contributed by atoms with Gasteiger partial charge < -0.3 is 4.74 Å². The van der Waals surface area contributed by atoms with Crippen LogP contribution in [0.2, 0.25) is 5.02 Å². The van der Waals surface area contributed by atoms with Crippen LogP contribution in [0.5, 0.6) is 0 Å². The van der Waals surface area contributed by atoms with Crippen molar-refractivity contribution in [2.24, 2.45) is 11.8 Å². The number of rotatable bonds is 4. The van der Waals surface area contributed by atoms with Crippen LogP contribution in [0.4, 0.5) is 0 Å². The maximum absolute atomic E-state index is 6.01. The minimum Gasteiger partial charge on any atom is -0.378 e. The monoisotopic (exact) mass is 306 g/mol. The van der Waals surface area contributed by atoms with Gasteiger partial charge in [0, 0.05) is 11.6 Å². The summed E-state index contributed by atoms with van der Waals surface area (Å²) in [4.78, 5) is 0. The van der Waals surface area contributed by atoms with Gasteiger partial charge in [-0.3, -0.25) is 0 Å². The summed E-state index contributed by atoms with van der Waals surface area (Å²) < 4.78 is 5.99. The Hall–Kier alpha value is -0.530. The van der Waals surface area contributed by atoms with E-state index in [0.717, 1.165) is 35.8 Å². The van der Waals surface area contributed by atoms with Crippen molar-refractivity contribution in [3.8, 4) is 0 Å². The van der Waals surface area contributed by atoms with E-state index < -0.39 is 0 Å². The molecule has 0 N–H and O–H groups in total. The molecule has 116 valence electrons. The summed E-state index contributed by atoms with van der Waals surface area (Å²) in [6.07, 6.45) is 9.71. The number of hydrogen-bond donors (Lipinski definition) is 0. The van der Waals surface area contributed by atoms with E-state index in [0.29, 0.717) is 6.10 Å². The Morgan fingerprint density at radius 2 is 1.71 bits per heavy atom. The Morgan fingerprint density at radius 1 is 1.00 bits per heavy atom. The van der Waals surface area contributed by atoms with Gasteiger partial charge in [-0.05, 0) is 80.4 Å². The van der Waals surface area contributed by atoms with Crippen LogP contribution in [-0.4, -0.2) is 12.7 Å². The van der Waals surface area contributed by atoms with Crippen molar-refractivity contribution in [1.29, 1.82) is 0 Å². The molecule has 0 aliphatic heterocycles. The minimum absolute atomic E-state index is 0.540. The molecule has 4 atom stereocenters. The van der Waals surface area contributed by atoms with Crippen LogP contribution in [0.3, 0.4) is 0 Å². The van der Waals surface area contributed by atoms with Gasteiger partial charge in [-0.1, -0.05) is 30.7 Å². The van der Waals surface area contributed by atoms with E-state index in [1.807, 2.05) is 12.1 Å². The third kappa shape index (κ3) is 3.81. The maximum atomic E-state index is 6.01. The second-order valence-electron chi connectivity index (χ2n) is 6.89. The van der Waals surface area contributed by atoms with Crippen molar-refractivity contribution in [3.05, 3.63) is 34.9 Å². The highest BCUT2D eigenvalue weighted by molar-refractivity contribution is 6.30. The summed E-state index contributed by atoms with van der Waals surface area (Å²) >= 11 is 6.01. The zero-order chi connectivity index (χ0) is 14.7. The molecule has 21 heavy (non-hydrogen) atoms. The molecule has 0 saturated heterocycles. The average molecular weight is 307 g/mol. The van der Waals surface area contributed by atoms with Gasteiger partial charge in [0.1, 0.15) is 0 Å². The second-order valence-corrected chi connectivity index (χ2v) is 7.32. The lowest BCUT2D eigenvalue weighted by atomic mass is 9.65. The summed E-state index contributed by atoms with van der Waals surface area (Å²) in [5.41, 5.74) is 1.49. The molecule has 1 aromatic rings. The van der Waals surface area contributed by atoms with E-state index in [1.165, 1.54) is 44.1 Å². The lowest BCUT2D eigenvalue weighted by molar-refractivity contribution is -0.0147. The fourth-order valence-electron chi connectivity index (χ4n) is 4.32. The number of ether oxygens (including phenoxy) is 1. The van der Waals surface area contributed by atoms with Crippen LogP contribution in [0.1, 0.15) is 63.4 Å². The second kappa shape index (κ2) is 7.15. The molecule has 2 aliphatic rings. The van der Waals surface area contributed by atoms with E-state index in [4.69, 9.17) is 16.3 Å². The fourth-order valence-corrected chi connectivity index (χ4v) is 4.45. The summed E-state index contributed by atoms with van der Waals surface area (Å²) in [6.45, 7) is 3.14. The summed E-state index contributed by atoms with van der Waals surface area (Å²) in [5, 5.41) is 0.848. The highest BCUT2D eigenvalue weighted by atomic mass is 35.5. The van der Waals surface area contributed by atoms with Crippen LogP contribution in [-0.2, 0) is 4.74 Å². The van der Waals surface area contributed by atoms with Crippen molar-refractivity contribution in [1.82, 2.24) is 0 Å². The molecule has 3 rings (SSSR count).